The monoisotopic (exact) mass is 331 g/mol. The number of halogens is 1. The molecule has 6 heteroatoms. The number of nitrogens with one attached hydrogen (secondary N) is 1. The molecular formula is C18H26FN5. The topological polar surface area (TPSA) is 55.6 Å². The van der Waals surface area contributed by atoms with Crippen LogP contribution in [-0.4, -0.2) is 26.1 Å². The van der Waals surface area contributed by atoms with Crippen LogP contribution < -0.4 is 5.32 Å². The Balaban J connectivity index is 1.60. The molecule has 1 N–H and O–H groups in total. The van der Waals surface area contributed by atoms with E-state index in [1.165, 1.54) is 32.1 Å². The van der Waals surface area contributed by atoms with Gasteiger partial charge >= 0.3 is 6.08 Å². The van der Waals surface area contributed by atoms with Crippen LogP contribution in [0.2, 0.25) is 0 Å². The van der Waals surface area contributed by atoms with Crippen LogP contribution in [-0.2, 0) is 7.05 Å². The summed E-state index contributed by atoms with van der Waals surface area (Å²) in [5.74, 6) is 2.92. The highest BCUT2D eigenvalue weighted by Gasteiger charge is 2.44. The molecule has 0 amide bonds. The molecule has 2 unspecified atom stereocenters. The standard InChI is InChI=1S/C18H26FN5/c1-11-4-13-5-12(2)7-18(6-11,8-13)9-20-15-14-16(23-17(19)22-15)24(3)10-21-14/h10-13H,4-9H2,1-3H3,(H,20,22,23). The largest absolute Gasteiger partial charge is 0.367 e. The lowest BCUT2D eigenvalue weighted by Gasteiger charge is -2.50. The summed E-state index contributed by atoms with van der Waals surface area (Å²) in [4.78, 5) is 12.2. The highest BCUT2D eigenvalue weighted by atomic mass is 19.1. The van der Waals surface area contributed by atoms with Gasteiger partial charge in [0.05, 0.1) is 6.33 Å². The van der Waals surface area contributed by atoms with Gasteiger partial charge in [-0.05, 0) is 55.3 Å². The van der Waals surface area contributed by atoms with Crippen molar-refractivity contribution in [1.82, 2.24) is 19.5 Å². The molecule has 0 spiro atoms. The number of fused-ring (bicyclic) bond motifs is 3. The summed E-state index contributed by atoms with van der Waals surface area (Å²) in [5.41, 5.74) is 1.50. The highest BCUT2D eigenvalue weighted by molar-refractivity contribution is 5.82. The molecule has 2 aromatic rings. The number of hydrogen-bond donors (Lipinski definition) is 1. The zero-order chi connectivity index (χ0) is 16.9. The van der Waals surface area contributed by atoms with E-state index >= 15 is 0 Å². The van der Waals surface area contributed by atoms with Crippen LogP contribution in [0.5, 0.6) is 0 Å². The Labute approximate surface area is 142 Å². The van der Waals surface area contributed by atoms with Crippen LogP contribution >= 0.6 is 0 Å². The molecule has 2 saturated carbocycles. The molecule has 2 fully saturated rings. The van der Waals surface area contributed by atoms with Crippen molar-refractivity contribution in [1.29, 1.82) is 0 Å². The van der Waals surface area contributed by atoms with Crippen LogP contribution in [0.3, 0.4) is 0 Å². The van der Waals surface area contributed by atoms with Gasteiger partial charge in [0.25, 0.3) is 0 Å². The van der Waals surface area contributed by atoms with E-state index in [0.29, 0.717) is 22.4 Å². The number of aromatic nitrogens is 4. The van der Waals surface area contributed by atoms with Gasteiger partial charge in [0.15, 0.2) is 17.0 Å². The fourth-order valence-corrected chi connectivity index (χ4v) is 5.50. The third kappa shape index (κ3) is 2.76. The quantitative estimate of drug-likeness (QED) is 0.870. The molecule has 24 heavy (non-hydrogen) atoms. The highest BCUT2D eigenvalue weighted by Crippen LogP contribution is 2.52. The van der Waals surface area contributed by atoms with E-state index in [0.717, 1.165) is 24.3 Å². The van der Waals surface area contributed by atoms with Crippen molar-refractivity contribution in [3.63, 3.8) is 0 Å². The molecule has 2 aliphatic carbocycles. The zero-order valence-electron chi connectivity index (χ0n) is 14.7. The number of aryl methyl sites for hydroxylation is 1. The van der Waals surface area contributed by atoms with Gasteiger partial charge in [-0.1, -0.05) is 13.8 Å². The number of imidazole rings is 1. The van der Waals surface area contributed by atoms with Gasteiger partial charge in [-0.25, -0.2) is 4.98 Å². The number of anilines is 1. The normalized spacial score (nSPS) is 32.9. The molecule has 2 heterocycles. The van der Waals surface area contributed by atoms with E-state index < -0.39 is 6.08 Å². The Morgan fingerprint density at radius 1 is 1.21 bits per heavy atom. The number of nitrogens with zero attached hydrogens (tertiary/aromatic N) is 4. The summed E-state index contributed by atoms with van der Waals surface area (Å²) in [5, 5.41) is 3.43. The molecule has 0 aromatic carbocycles. The molecule has 2 atom stereocenters. The van der Waals surface area contributed by atoms with Gasteiger partial charge in [-0.3, -0.25) is 0 Å². The van der Waals surface area contributed by atoms with Crippen molar-refractivity contribution in [2.75, 3.05) is 11.9 Å². The third-order valence-corrected chi connectivity index (χ3v) is 5.92. The Kier molecular flexibility index (Phi) is 3.73. The maximum atomic E-state index is 13.8. The van der Waals surface area contributed by atoms with E-state index in [-0.39, 0.29) is 0 Å². The summed E-state index contributed by atoms with van der Waals surface area (Å²) in [6, 6.07) is 0. The van der Waals surface area contributed by atoms with Crippen molar-refractivity contribution in [3.8, 4) is 0 Å². The van der Waals surface area contributed by atoms with Crippen molar-refractivity contribution in [2.45, 2.75) is 46.0 Å². The molecule has 2 aliphatic rings. The third-order valence-electron chi connectivity index (χ3n) is 5.92. The van der Waals surface area contributed by atoms with Gasteiger partial charge in [0, 0.05) is 13.6 Å². The maximum absolute atomic E-state index is 13.8. The fourth-order valence-electron chi connectivity index (χ4n) is 5.50. The number of rotatable bonds is 3. The first-order chi connectivity index (χ1) is 11.4. The SMILES string of the molecule is CC1CC2CC(C)CC(CNc3nc(F)nc4c3ncn4C)(C1)C2. The van der Waals surface area contributed by atoms with Crippen molar-refractivity contribution in [3.05, 3.63) is 12.4 Å². The van der Waals surface area contributed by atoms with Crippen LogP contribution in [0.1, 0.15) is 46.0 Å². The zero-order valence-corrected chi connectivity index (χ0v) is 14.7. The van der Waals surface area contributed by atoms with Crippen LogP contribution in [0.4, 0.5) is 10.2 Å². The summed E-state index contributed by atoms with van der Waals surface area (Å²) in [6.45, 7) is 5.59. The van der Waals surface area contributed by atoms with E-state index in [1.54, 1.807) is 10.9 Å². The lowest BCUT2D eigenvalue weighted by Crippen LogP contribution is -2.43. The maximum Gasteiger partial charge on any atom is 0.312 e. The molecule has 2 bridgehead atoms. The fraction of sp³-hybridized carbons (Fsp3) is 0.722. The van der Waals surface area contributed by atoms with Gasteiger partial charge in [0.1, 0.15) is 0 Å². The molecule has 5 nitrogen and oxygen atoms in total. The predicted molar refractivity (Wildman–Crippen MR) is 92.1 cm³/mol. The number of hydrogen-bond acceptors (Lipinski definition) is 4. The summed E-state index contributed by atoms with van der Waals surface area (Å²) in [7, 11) is 1.82. The molecule has 0 aliphatic heterocycles. The summed E-state index contributed by atoms with van der Waals surface area (Å²) < 4.78 is 15.5. The van der Waals surface area contributed by atoms with E-state index in [1.807, 2.05) is 7.05 Å². The van der Waals surface area contributed by atoms with E-state index in [9.17, 15) is 4.39 Å². The second-order valence-corrected chi connectivity index (χ2v) is 8.38. The van der Waals surface area contributed by atoms with E-state index in [2.05, 4.69) is 34.1 Å². The van der Waals surface area contributed by atoms with Gasteiger partial charge in [0.2, 0.25) is 0 Å². The molecule has 130 valence electrons. The van der Waals surface area contributed by atoms with Gasteiger partial charge in [-0.15, -0.1) is 0 Å². The first kappa shape index (κ1) is 15.8. The van der Waals surface area contributed by atoms with Crippen molar-refractivity contribution < 1.29 is 4.39 Å². The average Bonchev–Trinajstić information content (AvgIpc) is 2.85. The summed E-state index contributed by atoms with van der Waals surface area (Å²) in [6.07, 6.45) is 7.46. The van der Waals surface area contributed by atoms with Gasteiger partial charge in [-0.2, -0.15) is 14.4 Å². The van der Waals surface area contributed by atoms with Crippen LogP contribution in [0.25, 0.3) is 11.2 Å². The second kappa shape index (κ2) is 5.67. The summed E-state index contributed by atoms with van der Waals surface area (Å²) >= 11 is 0. The lowest BCUT2D eigenvalue weighted by atomic mass is 9.57. The first-order valence-electron chi connectivity index (χ1n) is 9.02. The van der Waals surface area contributed by atoms with Crippen LogP contribution in [0.15, 0.2) is 6.33 Å². The Hall–Kier alpha value is -1.72. The van der Waals surface area contributed by atoms with Gasteiger partial charge < -0.3 is 9.88 Å². The second-order valence-electron chi connectivity index (χ2n) is 8.38. The van der Waals surface area contributed by atoms with Crippen LogP contribution in [0, 0.1) is 29.2 Å². The first-order valence-corrected chi connectivity index (χ1v) is 9.02. The molecule has 0 saturated heterocycles. The molecule has 4 rings (SSSR count). The Bertz CT molecular complexity index is 736. The minimum Gasteiger partial charge on any atom is -0.367 e. The van der Waals surface area contributed by atoms with Crippen molar-refractivity contribution >= 4 is 17.0 Å². The predicted octanol–water partition coefficient (Wildman–Crippen LogP) is 3.77. The molecule has 2 aromatic heterocycles. The molecular weight excluding hydrogens is 305 g/mol. The Morgan fingerprint density at radius 2 is 1.92 bits per heavy atom. The van der Waals surface area contributed by atoms with E-state index in [4.69, 9.17) is 0 Å². The Morgan fingerprint density at radius 3 is 2.62 bits per heavy atom. The molecule has 0 radical (unpaired) electrons. The van der Waals surface area contributed by atoms with Crippen molar-refractivity contribution in [2.24, 2.45) is 30.2 Å². The minimum absolute atomic E-state index is 0.308. The minimum atomic E-state index is -0.696. The smallest absolute Gasteiger partial charge is 0.312 e. The average molecular weight is 331 g/mol. The lowest BCUT2D eigenvalue weighted by molar-refractivity contribution is 0.0284.